The minimum Gasteiger partial charge on any atom is -0.502 e. The molecule has 0 radical (unpaired) electrons. The van der Waals surface area contributed by atoms with Gasteiger partial charge in [-0.3, -0.25) is 0 Å². The molecule has 0 aromatic heterocycles. The molecule has 1 aliphatic heterocycles. The Kier molecular flexibility index (Phi) is 6.01. The van der Waals surface area contributed by atoms with E-state index in [1.165, 1.54) is 0 Å². The molecular weight excluding hydrogens is 316 g/mol. The van der Waals surface area contributed by atoms with Crippen LogP contribution in [0.4, 0.5) is 9.59 Å². The van der Waals surface area contributed by atoms with Crippen LogP contribution in [0.15, 0.2) is 25.3 Å². The predicted octanol–water partition coefficient (Wildman–Crippen LogP) is 2.74. The lowest BCUT2D eigenvalue weighted by Crippen LogP contribution is -2.57. The van der Waals surface area contributed by atoms with E-state index in [9.17, 15) is 9.59 Å². The number of hydrogen-bond donors (Lipinski definition) is 0. The predicted molar refractivity (Wildman–Crippen MR) is 91.5 cm³/mol. The van der Waals surface area contributed by atoms with Crippen LogP contribution in [0.2, 0.25) is 26.2 Å². The van der Waals surface area contributed by atoms with Crippen LogP contribution in [-0.4, -0.2) is 64.0 Å². The van der Waals surface area contributed by atoms with Gasteiger partial charge in [0.1, 0.15) is 0 Å². The van der Waals surface area contributed by atoms with Gasteiger partial charge in [0.05, 0.1) is 12.3 Å². The smallest absolute Gasteiger partial charge is 0.396 e. The monoisotopic (exact) mass is 342 g/mol. The maximum Gasteiger partial charge on any atom is 0.396 e. The van der Waals surface area contributed by atoms with Crippen molar-refractivity contribution < 1.29 is 18.4 Å². The fraction of sp³-hybridized carbons (Fsp3) is 0.571. The quantitative estimate of drug-likeness (QED) is 0.582. The summed E-state index contributed by atoms with van der Waals surface area (Å²) in [6, 6.07) is 0. The molecule has 0 unspecified atom stereocenters. The van der Waals surface area contributed by atoms with Crippen LogP contribution in [-0.2, 0) is 8.85 Å². The first-order valence-corrected chi connectivity index (χ1v) is 13.5. The van der Waals surface area contributed by atoms with Crippen molar-refractivity contribution in [1.82, 2.24) is 9.80 Å². The van der Waals surface area contributed by atoms with Gasteiger partial charge in [-0.05, 0) is 26.2 Å². The maximum atomic E-state index is 12.4. The molecule has 0 aromatic rings. The van der Waals surface area contributed by atoms with Gasteiger partial charge < -0.3 is 18.7 Å². The Morgan fingerprint density at radius 3 is 1.50 bits per heavy atom. The zero-order valence-corrected chi connectivity index (χ0v) is 15.9. The lowest BCUT2D eigenvalue weighted by molar-refractivity contribution is 0.139. The van der Waals surface area contributed by atoms with Crippen molar-refractivity contribution >= 4 is 28.8 Å². The zero-order valence-electron chi connectivity index (χ0n) is 13.9. The highest BCUT2D eigenvalue weighted by atomic mass is 28.4. The molecule has 1 fully saturated rings. The molecule has 0 atom stereocenters. The molecular formula is C14H26N2O4Si2. The van der Waals surface area contributed by atoms with Crippen molar-refractivity contribution in [3.63, 3.8) is 0 Å². The third-order valence-electron chi connectivity index (χ3n) is 3.09. The molecule has 8 heteroatoms. The Morgan fingerprint density at radius 2 is 1.23 bits per heavy atom. The van der Waals surface area contributed by atoms with Gasteiger partial charge >= 0.3 is 12.2 Å². The normalized spacial score (nSPS) is 21.6. The van der Waals surface area contributed by atoms with Gasteiger partial charge in [-0.15, -0.1) is 13.2 Å². The van der Waals surface area contributed by atoms with Crippen LogP contribution >= 0.6 is 0 Å². The Balaban J connectivity index is 3.10. The van der Waals surface area contributed by atoms with Gasteiger partial charge in [-0.25, -0.2) is 9.59 Å². The second-order valence-electron chi connectivity index (χ2n) is 6.59. The molecule has 6 nitrogen and oxygen atoms in total. The van der Waals surface area contributed by atoms with E-state index in [2.05, 4.69) is 13.2 Å². The fourth-order valence-corrected chi connectivity index (χ4v) is 5.99. The Hall–Kier alpha value is -1.55. The van der Waals surface area contributed by atoms with Crippen LogP contribution in [0.25, 0.3) is 0 Å². The van der Waals surface area contributed by atoms with Crippen molar-refractivity contribution in [3.05, 3.63) is 25.3 Å². The minimum atomic E-state index is -2.38. The first kappa shape index (κ1) is 18.5. The largest absolute Gasteiger partial charge is 0.502 e. The highest BCUT2D eigenvalue weighted by Gasteiger charge is 2.40. The summed E-state index contributed by atoms with van der Waals surface area (Å²) >= 11 is 0. The SMILES string of the molecule is C=CCN1C[Si](C)(C)OC(=O)N(CC=C)C[Si](C)(C)OC1=O. The molecule has 0 aliphatic carbocycles. The van der Waals surface area contributed by atoms with Crippen LogP contribution in [0.1, 0.15) is 0 Å². The van der Waals surface area contributed by atoms with Gasteiger partial charge in [0.2, 0.25) is 0 Å². The van der Waals surface area contributed by atoms with E-state index in [1.54, 1.807) is 22.0 Å². The third kappa shape index (κ3) is 5.34. The minimum absolute atomic E-state index is 0.353. The summed E-state index contributed by atoms with van der Waals surface area (Å²) in [4.78, 5) is 28.0. The highest BCUT2D eigenvalue weighted by molar-refractivity contribution is 6.74. The maximum absolute atomic E-state index is 12.4. The van der Waals surface area contributed by atoms with Crippen molar-refractivity contribution in [3.8, 4) is 0 Å². The van der Waals surface area contributed by atoms with E-state index >= 15 is 0 Å². The second kappa shape index (κ2) is 7.14. The van der Waals surface area contributed by atoms with E-state index in [0.29, 0.717) is 25.4 Å². The molecule has 22 heavy (non-hydrogen) atoms. The third-order valence-corrected chi connectivity index (χ3v) is 6.83. The van der Waals surface area contributed by atoms with E-state index in [4.69, 9.17) is 8.85 Å². The van der Waals surface area contributed by atoms with Gasteiger partial charge in [0, 0.05) is 13.1 Å². The van der Waals surface area contributed by atoms with Gasteiger partial charge in [0.25, 0.3) is 16.6 Å². The topological polar surface area (TPSA) is 59.1 Å². The van der Waals surface area contributed by atoms with Crippen LogP contribution in [0.5, 0.6) is 0 Å². The van der Waals surface area contributed by atoms with Crippen LogP contribution in [0, 0.1) is 0 Å². The van der Waals surface area contributed by atoms with Gasteiger partial charge in [-0.1, -0.05) is 12.2 Å². The van der Waals surface area contributed by atoms with Crippen LogP contribution in [0.3, 0.4) is 0 Å². The molecule has 0 N–H and O–H groups in total. The standard InChI is InChI=1S/C14H26N2O4Si2/c1-7-9-15-11-21(3,4)20-14(18)16(10-8-2)12-22(5,6)19-13(15)17/h7-8H,1-2,9-12H2,3-6H3. The molecule has 0 bridgehead atoms. The number of nitrogens with zero attached hydrogens (tertiary/aromatic N) is 2. The van der Waals surface area contributed by atoms with Crippen molar-refractivity contribution in [2.75, 3.05) is 25.4 Å². The van der Waals surface area contributed by atoms with Crippen molar-refractivity contribution in [2.24, 2.45) is 0 Å². The van der Waals surface area contributed by atoms with Crippen molar-refractivity contribution in [2.45, 2.75) is 26.2 Å². The number of carbonyl (C=O) groups is 2. The molecule has 1 aliphatic rings. The van der Waals surface area contributed by atoms with E-state index in [0.717, 1.165) is 0 Å². The Morgan fingerprint density at radius 1 is 0.909 bits per heavy atom. The van der Waals surface area contributed by atoms with E-state index in [1.807, 2.05) is 26.2 Å². The molecule has 0 aromatic carbocycles. The second-order valence-corrected chi connectivity index (χ2v) is 14.7. The molecule has 1 heterocycles. The van der Waals surface area contributed by atoms with E-state index in [-0.39, 0.29) is 12.2 Å². The molecule has 0 spiro atoms. The lowest BCUT2D eigenvalue weighted by atomic mass is 10.6. The summed E-state index contributed by atoms with van der Waals surface area (Å²) in [6.07, 6.45) is 3.37. The lowest BCUT2D eigenvalue weighted by Gasteiger charge is -2.38. The number of rotatable bonds is 4. The highest BCUT2D eigenvalue weighted by Crippen LogP contribution is 2.17. The van der Waals surface area contributed by atoms with Gasteiger partial charge in [-0.2, -0.15) is 0 Å². The first-order chi connectivity index (χ1) is 10.1. The summed E-state index contributed by atoms with van der Waals surface area (Å²) < 4.78 is 11.4. The number of hydrogen-bond acceptors (Lipinski definition) is 4. The molecule has 1 rings (SSSR count). The summed E-state index contributed by atoms with van der Waals surface area (Å²) in [5.41, 5.74) is 0. The van der Waals surface area contributed by atoms with Gasteiger partial charge in [0.15, 0.2) is 0 Å². The summed E-state index contributed by atoms with van der Waals surface area (Å²) in [6.45, 7) is 15.7. The molecule has 1 saturated heterocycles. The Bertz CT molecular complexity index is 424. The Labute approximate surface area is 134 Å². The van der Waals surface area contributed by atoms with Crippen molar-refractivity contribution in [1.29, 1.82) is 0 Å². The average Bonchev–Trinajstić information content (AvgIpc) is 2.35. The summed E-state index contributed by atoms with van der Waals surface area (Å²) in [7, 11) is -4.77. The summed E-state index contributed by atoms with van der Waals surface area (Å²) in [5.74, 6) is 0. The number of carbonyl (C=O) groups excluding carboxylic acids is 2. The molecule has 0 saturated carbocycles. The number of amides is 2. The van der Waals surface area contributed by atoms with Crippen LogP contribution < -0.4 is 0 Å². The first-order valence-electron chi connectivity index (χ1n) is 7.28. The fourth-order valence-electron chi connectivity index (χ4n) is 2.30. The molecule has 2 amide bonds. The van der Waals surface area contributed by atoms with E-state index < -0.39 is 16.6 Å². The summed E-state index contributed by atoms with van der Waals surface area (Å²) in [5, 5.41) is 0. The zero-order chi connectivity index (χ0) is 17.0. The average molecular weight is 343 g/mol. The molecule has 124 valence electrons.